The highest BCUT2D eigenvalue weighted by atomic mass is 16.6. The van der Waals surface area contributed by atoms with Gasteiger partial charge >= 0.3 is 5.97 Å². The molecule has 4 nitrogen and oxygen atoms in total. The molecule has 2 N–H and O–H groups in total. The molecule has 4 heteroatoms. The summed E-state index contributed by atoms with van der Waals surface area (Å²) in [6.07, 6.45) is 1.49. The van der Waals surface area contributed by atoms with Gasteiger partial charge in [-0.25, -0.2) is 4.79 Å². The first-order valence-electron chi connectivity index (χ1n) is 5.74. The van der Waals surface area contributed by atoms with Gasteiger partial charge in [-0.3, -0.25) is 4.98 Å². The van der Waals surface area contributed by atoms with Crippen molar-refractivity contribution in [3.05, 3.63) is 36.0 Å². The number of ether oxygens (including phenoxy) is 1. The molecule has 0 spiro atoms. The smallest absolute Gasteiger partial charge is 0.340 e. The van der Waals surface area contributed by atoms with E-state index in [9.17, 15) is 4.79 Å². The Morgan fingerprint density at radius 3 is 2.72 bits per heavy atom. The fraction of sp³-hybridized carbons (Fsp3) is 0.286. The Hall–Kier alpha value is -2.10. The van der Waals surface area contributed by atoms with Crippen LogP contribution in [-0.4, -0.2) is 16.6 Å². The van der Waals surface area contributed by atoms with Crippen molar-refractivity contribution in [3.63, 3.8) is 0 Å². The third-order valence-electron chi connectivity index (χ3n) is 2.38. The van der Waals surface area contributed by atoms with Gasteiger partial charge in [-0.1, -0.05) is 12.1 Å². The van der Waals surface area contributed by atoms with Crippen LogP contribution in [0.5, 0.6) is 0 Å². The summed E-state index contributed by atoms with van der Waals surface area (Å²) in [5.74, 6) is -0.376. The van der Waals surface area contributed by atoms with Gasteiger partial charge in [0.2, 0.25) is 0 Å². The molecule has 1 heterocycles. The molecule has 18 heavy (non-hydrogen) atoms. The molecule has 0 aliphatic heterocycles. The molecule has 0 amide bonds. The van der Waals surface area contributed by atoms with Crippen LogP contribution in [0.25, 0.3) is 10.9 Å². The molecule has 1 aromatic heterocycles. The van der Waals surface area contributed by atoms with Gasteiger partial charge in [-0.05, 0) is 32.9 Å². The van der Waals surface area contributed by atoms with Gasteiger partial charge in [0.25, 0.3) is 0 Å². The molecule has 0 saturated heterocycles. The maximum Gasteiger partial charge on any atom is 0.340 e. The lowest BCUT2D eigenvalue weighted by atomic mass is 10.1. The number of anilines is 1. The Bertz CT molecular complexity index is 600. The highest BCUT2D eigenvalue weighted by Crippen LogP contribution is 2.20. The summed E-state index contributed by atoms with van der Waals surface area (Å²) in [6, 6.07) is 7.22. The van der Waals surface area contributed by atoms with E-state index in [0.29, 0.717) is 16.8 Å². The molecule has 1 aromatic carbocycles. The standard InChI is InChI=1S/C14H16N2O2/c1-14(2,3)18-13(17)10-7-9-5-4-6-11(15)12(9)16-8-10/h4-8H,15H2,1-3H3. The minimum Gasteiger partial charge on any atom is -0.456 e. The van der Waals surface area contributed by atoms with Crippen LogP contribution in [0.4, 0.5) is 5.69 Å². The van der Waals surface area contributed by atoms with Gasteiger partial charge in [-0.15, -0.1) is 0 Å². The summed E-state index contributed by atoms with van der Waals surface area (Å²) in [5, 5.41) is 0.832. The van der Waals surface area contributed by atoms with Crippen LogP contribution < -0.4 is 5.73 Å². The van der Waals surface area contributed by atoms with E-state index in [1.165, 1.54) is 6.20 Å². The lowest BCUT2D eigenvalue weighted by molar-refractivity contribution is 0.00693. The van der Waals surface area contributed by atoms with E-state index in [1.807, 2.05) is 32.9 Å². The van der Waals surface area contributed by atoms with Crippen molar-refractivity contribution >= 4 is 22.6 Å². The lowest BCUT2D eigenvalue weighted by Gasteiger charge is -2.19. The number of pyridine rings is 1. The molecule has 94 valence electrons. The molecule has 2 aromatic rings. The normalized spacial score (nSPS) is 11.5. The van der Waals surface area contributed by atoms with E-state index in [0.717, 1.165) is 5.39 Å². The van der Waals surface area contributed by atoms with Crippen LogP contribution in [0, 0.1) is 0 Å². The van der Waals surface area contributed by atoms with Crippen LogP contribution in [0.1, 0.15) is 31.1 Å². The van der Waals surface area contributed by atoms with E-state index in [-0.39, 0.29) is 5.97 Å². The second kappa shape index (κ2) is 4.29. The average Bonchev–Trinajstić information content (AvgIpc) is 2.26. The molecule has 0 fully saturated rings. The minimum atomic E-state index is -0.512. The maximum absolute atomic E-state index is 11.9. The zero-order chi connectivity index (χ0) is 13.3. The van der Waals surface area contributed by atoms with Gasteiger partial charge < -0.3 is 10.5 Å². The average molecular weight is 244 g/mol. The van der Waals surface area contributed by atoms with Crippen LogP contribution in [-0.2, 0) is 4.74 Å². The van der Waals surface area contributed by atoms with Gasteiger partial charge in [0.15, 0.2) is 0 Å². The summed E-state index contributed by atoms with van der Waals surface area (Å²) in [7, 11) is 0. The Morgan fingerprint density at radius 1 is 1.33 bits per heavy atom. The second-order valence-corrected chi connectivity index (χ2v) is 5.14. The Balaban J connectivity index is 2.39. The van der Waals surface area contributed by atoms with Crippen molar-refractivity contribution in [1.29, 1.82) is 0 Å². The minimum absolute atomic E-state index is 0.376. The molecular formula is C14H16N2O2. The number of nitrogens with zero attached hydrogens (tertiary/aromatic N) is 1. The number of nitrogens with two attached hydrogens (primary N) is 1. The molecular weight excluding hydrogens is 228 g/mol. The van der Waals surface area contributed by atoms with Crippen molar-refractivity contribution < 1.29 is 9.53 Å². The lowest BCUT2D eigenvalue weighted by Crippen LogP contribution is -2.23. The number of benzene rings is 1. The summed E-state index contributed by atoms with van der Waals surface area (Å²) >= 11 is 0. The fourth-order valence-electron chi connectivity index (χ4n) is 1.63. The number of rotatable bonds is 1. The first kappa shape index (κ1) is 12.4. The molecule has 0 aliphatic carbocycles. The summed E-state index contributed by atoms with van der Waals surface area (Å²) in [6.45, 7) is 5.49. The zero-order valence-corrected chi connectivity index (χ0v) is 10.7. The van der Waals surface area contributed by atoms with E-state index in [4.69, 9.17) is 10.5 Å². The largest absolute Gasteiger partial charge is 0.456 e. The van der Waals surface area contributed by atoms with Gasteiger partial charge in [0, 0.05) is 11.6 Å². The fourth-order valence-corrected chi connectivity index (χ4v) is 1.63. The number of para-hydroxylation sites is 1. The topological polar surface area (TPSA) is 65.2 Å². The highest BCUT2D eigenvalue weighted by molar-refractivity contribution is 5.96. The molecule has 2 rings (SSSR count). The highest BCUT2D eigenvalue weighted by Gasteiger charge is 2.18. The summed E-state index contributed by atoms with van der Waals surface area (Å²) < 4.78 is 5.29. The summed E-state index contributed by atoms with van der Waals surface area (Å²) in [5.41, 5.74) is 7.03. The molecule has 0 saturated carbocycles. The number of nitrogen functional groups attached to an aromatic ring is 1. The second-order valence-electron chi connectivity index (χ2n) is 5.14. The van der Waals surface area contributed by atoms with Gasteiger partial charge in [0.05, 0.1) is 16.8 Å². The quantitative estimate of drug-likeness (QED) is 0.618. The number of hydrogen-bond acceptors (Lipinski definition) is 4. The third-order valence-corrected chi connectivity index (χ3v) is 2.38. The number of fused-ring (bicyclic) bond motifs is 1. The van der Waals surface area contributed by atoms with Crippen molar-refractivity contribution in [2.75, 3.05) is 5.73 Å². The van der Waals surface area contributed by atoms with Crippen LogP contribution in [0.3, 0.4) is 0 Å². The number of aromatic nitrogens is 1. The van der Waals surface area contributed by atoms with E-state index in [1.54, 1.807) is 12.1 Å². The third kappa shape index (κ3) is 2.59. The van der Waals surface area contributed by atoms with E-state index >= 15 is 0 Å². The van der Waals surface area contributed by atoms with Crippen molar-refractivity contribution in [2.24, 2.45) is 0 Å². The van der Waals surface area contributed by atoms with Crippen LogP contribution >= 0.6 is 0 Å². The number of carbonyl (C=O) groups excluding carboxylic acids is 1. The van der Waals surface area contributed by atoms with E-state index < -0.39 is 5.60 Å². The number of carbonyl (C=O) groups is 1. The Labute approximate surface area is 106 Å². The molecule has 0 aliphatic rings. The van der Waals surface area contributed by atoms with Gasteiger partial charge in [0.1, 0.15) is 5.60 Å². The van der Waals surface area contributed by atoms with Crippen LogP contribution in [0.2, 0.25) is 0 Å². The predicted molar refractivity (Wildman–Crippen MR) is 71.3 cm³/mol. The Kier molecular flexibility index (Phi) is 2.95. The van der Waals surface area contributed by atoms with Crippen molar-refractivity contribution in [1.82, 2.24) is 4.98 Å². The number of hydrogen-bond donors (Lipinski definition) is 1. The molecule has 0 radical (unpaired) electrons. The predicted octanol–water partition coefficient (Wildman–Crippen LogP) is 2.77. The summed E-state index contributed by atoms with van der Waals surface area (Å²) in [4.78, 5) is 16.1. The first-order valence-corrected chi connectivity index (χ1v) is 5.74. The molecule has 0 atom stereocenters. The van der Waals surface area contributed by atoms with Crippen LogP contribution in [0.15, 0.2) is 30.5 Å². The number of esters is 1. The van der Waals surface area contributed by atoms with Crippen molar-refractivity contribution in [2.45, 2.75) is 26.4 Å². The van der Waals surface area contributed by atoms with E-state index in [2.05, 4.69) is 4.98 Å². The Morgan fingerprint density at radius 2 is 2.06 bits per heavy atom. The first-order chi connectivity index (χ1) is 8.37. The van der Waals surface area contributed by atoms with Crippen molar-refractivity contribution in [3.8, 4) is 0 Å². The molecule has 0 unspecified atom stereocenters. The maximum atomic E-state index is 11.9. The monoisotopic (exact) mass is 244 g/mol. The van der Waals surface area contributed by atoms with Gasteiger partial charge in [-0.2, -0.15) is 0 Å². The molecule has 0 bridgehead atoms. The zero-order valence-electron chi connectivity index (χ0n) is 10.7. The SMILES string of the molecule is CC(C)(C)OC(=O)c1cnc2c(N)cccc2c1.